The molecule has 0 amide bonds. The predicted octanol–water partition coefficient (Wildman–Crippen LogP) is 5.63. The summed E-state index contributed by atoms with van der Waals surface area (Å²) in [6.45, 7) is 0. The molecule has 0 aliphatic heterocycles. The highest BCUT2D eigenvalue weighted by Gasteiger charge is 2.36. The first kappa shape index (κ1) is 18.7. The maximum absolute atomic E-state index is 11.4. The minimum atomic E-state index is -1.63. The Bertz CT molecular complexity index is 895. The fraction of sp³-hybridized carbons (Fsp3) is 0.0909. The van der Waals surface area contributed by atoms with Crippen LogP contribution >= 0.6 is 23.2 Å². The Morgan fingerprint density at radius 1 is 0.808 bits per heavy atom. The maximum Gasteiger partial charge on any atom is 0.138 e. The first-order valence-electron chi connectivity index (χ1n) is 8.16. The van der Waals surface area contributed by atoms with Gasteiger partial charge in [-0.15, -0.1) is 0 Å². The van der Waals surface area contributed by atoms with Crippen molar-refractivity contribution in [3.63, 3.8) is 0 Å². The zero-order chi connectivity index (χ0) is 18.6. The van der Waals surface area contributed by atoms with Crippen LogP contribution in [0.25, 0.3) is 6.08 Å². The van der Waals surface area contributed by atoms with Crippen molar-refractivity contribution in [2.45, 2.75) is 11.7 Å². The van der Waals surface area contributed by atoms with E-state index in [1.807, 2.05) is 48.5 Å². The van der Waals surface area contributed by atoms with E-state index in [0.717, 1.165) is 5.56 Å². The van der Waals surface area contributed by atoms with Crippen molar-refractivity contribution in [2.75, 3.05) is 0 Å². The molecular weight excluding hydrogens is 367 g/mol. The van der Waals surface area contributed by atoms with Gasteiger partial charge in [0.05, 0.1) is 10.0 Å². The van der Waals surface area contributed by atoms with E-state index in [1.54, 1.807) is 42.5 Å². The summed E-state index contributed by atoms with van der Waals surface area (Å²) in [5, 5.41) is 23.1. The van der Waals surface area contributed by atoms with E-state index in [1.165, 1.54) is 0 Å². The molecule has 4 heteroatoms. The Morgan fingerprint density at radius 2 is 1.42 bits per heavy atom. The Balaban J connectivity index is 2.05. The largest absolute Gasteiger partial charge is 0.385 e. The maximum atomic E-state index is 11.4. The molecule has 0 bridgehead atoms. The number of hydrogen-bond acceptors (Lipinski definition) is 2. The predicted molar refractivity (Wildman–Crippen MR) is 107 cm³/mol. The summed E-state index contributed by atoms with van der Waals surface area (Å²) in [7, 11) is 0. The molecule has 0 radical (unpaired) electrons. The lowest BCUT2D eigenvalue weighted by Gasteiger charge is -2.31. The van der Waals surface area contributed by atoms with Crippen LogP contribution in [0.2, 0.25) is 10.0 Å². The number of aliphatic hydroxyl groups is 2. The second kappa shape index (κ2) is 8.07. The molecule has 0 saturated heterocycles. The molecule has 2 nitrogen and oxygen atoms in total. The van der Waals surface area contributed by atoms with Crippen LogP contribution in [0.15, 0.2) is 84.9 Å². The normalized spacial score (nSPS) is 14.9. The van der Waals surface area contributed by atoms with Crippen molar-refractivity contribution in [1.29, 1.82) is 0 Å². The molecule has 3 aromatic carbocycles. The zero-order valence-corrected chi connectivity index (χ0v) is 15.4. The fourth-order valence-electron chi connectivity index (χ4n) is 2.77. The molecule has 2 atom stereocenters. The summed E-state index contributed by atoms with van der Waals surface area (Å²) in [5.74, 6) is 0. The number of rotatable bonds is 5. The number of aliphatic hydroxyl groups excluding tert-OH is 1. The third-order valence-corrected chi connectivity index (χ3v) is 4.98. The van der Waals surface area contributed by atoms with Gasteiger partial charge in [0.15, 0.2) is 0 Å². The van der Waals surface area contributed by atoms with Crippen LogP contribution in [0.4, 0.5) is 0 Å². The molecule has 0 saturated carbocycles. The number of benzene rings is 3. The third kappa shape index (κ3) is 4.00. The van der Waals surface area contributed by atoms with Crippen molar-refractivity contribution in [1.82, 2.24) is 0 Å². The highest BCUT2D eigenvalue weighted by molar-refractivity contribution is 6.42. The average molecular weight is 385 g/mol. The smallest absolute Gasteiger partial charge is 0.138 e. The lowest BCUT2D eigenvalue weighted by molar-refractivity contribution is -0.0453. The molecule has 2 N–H and O–H groups in total. The van der Waals surface area contributed by atoms with Gasteiger partial charge in [0, 0.05) is 0 Å². The van der Waals surface area contributed by atoms with Gasteiger partial charge in [0.25, 0.3) is 0 Å². The van der Waals surface area contributed by atoms with E-state index in [0.29, 0.717) is 21.2 Å². The van der Waals surface area contributed by atoms with Crippen molar-refractivity contribution in [3.05, 3.63) is 112 Å². The van der Waals surface area contributed by atoms with Gasteiger partial charge in [-0.2, -0.15) is 0 Å². The molecule has 0 fully saturated rings. The van der Waals surface area contributed by atoms with Gasteiger partial charge < -0.3 is 10.2 Å². The van der Waals surface area contributed by atoms with Gasteiger partial charge in [-0.1, -0.05) is 96.0 Å². The van der Waals surface area contributed by atoms with Gasteiger partial charge >= 0.3 is 0 Å². The van der Waals surface area contributed by atoms with Crippen LogP contribution in [0.5, 0.6) is 0 Å². The van der Waals surface area contributed by atoms with E-state index in [-0.39, 0.29) is 0 Å². The second-order valence-electron chi connectivity index (χ2n) is 6.01. The first-order valence-corrected chi connectivity index (χ1v) is 8.91. The first-order chi connectivity index (χ1) is 12.5. The van der Waals surface area contributed by atoms with E-state index < -0.39 is 11.7 Å². The molecule has 132 valence electrons. The third-order valence-electron chi connectivity index (χ3n) is 4.24. The summed E-state index contributed by atoms with van der Waals surface area (Å²) in [6.07, 6.45) is 2.16. The van der Waals surface area contributed by atoms with Crippen LogP contribution in [-0.2, 0) is 5.60 Å². The molecule has 26 heavy (non-hydrogen) atoms. The zero-order valence-electron chi connectivity index (χ0n) is 13.9. The van der Waals surface area contributed by atoms with Crippen molar-refractivity contribution in [3.8, 4) is 0 Å². The topological polar surface area (TPSA) is 40.5 Å². The molecule has 0 spiro atoms. The van der Waals surface area contributed by atoms with Crippen molar-refractivity contribution in [2.24, 2.45) is 0 Å². The summed E-state index contributed by atoms with van der Waals surface area (Å²) in [5.41, 5.74) is 0.339. The molecule has 0 aliphatic rings. The van der Waals surface area contributed by atoms with Gasteiger partial charge in [0.2, 0.25) is 0 Å². The highest BCUT2D eigenvalue weighted by Crippen LogP contribution is 2.38. The van der Waals surface area contributed by atoms with Crippen molar-refractivity contribution < 1.29 is 10.2 Å². The summed E-state index contributed by atoms with van der Waals surface area (Å²) >= 11 is 12.1. The molecular formula is C22H18Cl2O2. The van der Waals surface area contributed by atoms with Crippen LogP contribution in [0, 0.1) is 0 Å². The minimum Gasteiger partial charge on any atom is -0.385 e. The summed E-state index contributed by atoms with van der Waals surface area (Å²) in [4.78, 5) is 0. The monoisotopic (exact) mass is 384 g/mol. The quantitative estimate of drug-likeness (QED) is 0.598. The molecule has 0 aliphatic carbocycles. The van der Waals surface area contributed by atoms with Gasteiger partial charge in [0.1, 0.15) is 11.7 Å². The van der Waals surface area contributed by atoms with Crippen LogP contribution in [0.1, 0.15) is 22.8 Å². The highest BCUT2D eigenvalue weighted by atomic mass is 35.5. The molecule has 0 aromatic heterocycles. The summed E-state index contributed by atoms with van der Waals surface area (Å²) in [6, 6.07) is 23.5. The fourth-order valence-corrected chi connectivity index (χ4v) is 3.08. The van der Waals surface area contributed by atoms with Gasteiger partial charge in [-0.25, -0.2) is 0 Å². The van der Waals surface area contributed by atoms with E-state index in [2.05, 4.69) is 0 Å². The lowest BCUT2D eigenvalue weighted by atomic mass is 9.83. The molecule has 2 unspecified atom stereocenters. The van der Waals surface area contributed by atoms with E-state index in [9.17, 15) is 10.2 Å². The van der Waals surface area contributed by atoms with Gasteiger partial charge in [-0.05, 0) is 34.9 Å². The molecule has 3 rings (SSSR count). The van der Waals surface area contributed by atoms with Crippen molar-refractivity contribution >= 4 is 29.3 Å². The average Bonchev–Trinajstić information content (AvgIpc) is 2.69. The molecule has 0 heterocycles. The van der Waals surface area contributed by atoms with Crippen LogP contribution < -0.4 is 0 Å². The SMILES string of the molecule is OC(c1ccc(Cl)c(Cl)c1)C(O)(/C=C/c1ccccc1)c1ccccc1. The Kier molecular flexibility index (Phi) is 5.80. The summed E-state index contributed by atoms with van der Waals surface area (Å²) < 4.78 is 0. The number of hydrogen-bond donors (Lipinski definition) is 2. The van der Waals surface area contributed by atoms with E-state index >= 15 is 0 Å². The Morgan fingerprint density at radius 3 is 2.04 bits per heavy atom. The Hall–Kier alpha value is -2.10. The standard InChI is InChI=1S/C22H18Cl2O2/c23-19-12-11-17(15-20(19)24)21(25)22(26,18-9-5-2-6-10-18)14-13-16-7-3-1-4-8-16/h1-15,21,25-26H/b14-13+. The second-order valence-corrected chi connectivity index (χ2v) is 6.83. The van der Waals surface area contributed by atoms with E-state index in [4.69, 9.17) is 23.2 Å². The lowest BCUT2D eigenvalue weighted by Crippen LogP contribution is -2.31. The van der Waals surface area contributed by atoms with Gasteiger partial charge in [-0.3, -0.25) is 0 Å². The van der Waals surface area contributed by atoms with Crippen LogP contribution in [-0.4, -0.2) is 10.2 Å². The Labute approximate surface area is 163 Å². The number of halogens is 2. The molecule has 3 aromatic rings. The van der Waals surface area contributed by atoms with Crippen LogP contribution in [0.3, 0.4) is 0 Å². The minimum absolute atomic E-state index is 0.325.